The highest BCUT2D eigenvalue weighted by Crippen LogP contribution is 2.16. The van der Waals surface area contributed by atoms with Crippen LogP contribution in [0, 0.1) is 11.7 Å². The summed E-state index contributed by atoms with van der Waals surface area (Å²) < 4.78 is 14.0. The molecule has 0 radical (unpaired) electrons. The first-order valence-electron chi connectivity index (χ1n) is 8.61. The van der Waals surface area contributed by atoms with Gasteiger partial charge in [0.25, 0.3) is 0 Å². The van der Waals surface area contributed by atoms with Gasteiger partial charge in [0.1, 0.15) is 5.82 Å². The molecule has 24 heavy (non-hydrogen) atoms. The van der Waals surface area contributed by atoms with E-state index >= 15 is 0 Å². The molecule has 134 valence electrons. The lowest BCUT2D eigenvalue weighted by molar-refractivity contribution is 0.187. The fourth-order valence-electron chi connectivity index (χ4n) is 3.00. The van der Waals surface area contributed by atoms with E-state index in [9.17, 15) is 4.39 Å². The Labute approximate surface area is 153 Å². The monoisotopic (exact) mass is 398 g/mol. The van der Waals surface area contributed by atoms with Crippen LogP contribution < -0.4 is 10.6 Å². The molecule has 0 atom stereocenters. The lowest BCUT2D eigenvalue weighted by Crippen LogP contribution is -2.48. The van der Waals surface area contributed by atoms with Gasteiger partial charge in [0, 0.05) is 39.3 Å². The molecule has 0 spiro atoms. The number of nitrogens with one attached hydrogen (secondary N) is 2. The maximum atomic E-state index is 13.6. The van der Waals surface area contributed by atoms with Gasteiger partial charge in [0.05, 0.1) is 4.47 Å². The highest BCUT2D eigenvalue weighted by atomic mass is 79.9. The van der Waals surface area contributed by atoms with Gasteiger partial charge in [-0.2, -0.15) is 0 Å². The van der Waals surface area contributed by atoms with E-state index in [0.29, 0.717) is 17.1 Å². The van der Waals surface area contributed by atoms with Crippen LogP contribution in [-0.4, -0.2) is 43.6 Å². The van der Waals surface area contributed by atoms with Gasteiger partial charge in [0.15, 0.2) is 5.96 Å². The molecule has 0 unspecified atom stereocenters. The van der Waals surface area contributed by atoms with Gasteiger partial charge < -0.3 is 15.5 Å². The molecule has 0 saturated carbocycles. The molecular formula is C18H28BrFN4. The van der Waals surface area contributed by atoms with Gasteiger partial charge in [-0.1, -0.05) is 19.9 Å². The van der Waals surface area contributed by atoms with Crippen LogP contribution >= 0.6 is 15.9 Å². The maximum Gasteiger partial charge on any atom is 0.191 e. The van der Waals surface area contributed by atoms with Crippen LogP contribution in [0.15, 0.2) is 27.7 Å². The van der Waals surface area contributed by atoms with E-state index in [0.717, 1.165) is 43.4 Å². The minimum Gasteiger partial charge on any atom is -0.354 e. The average Bonchev–Trinajstić information content (AvgIpc) is 2.55. The summed E-state index contributed by atoms with van der Waals surface area (Å²) in [7, 11) is 1.77. The summed E-state index contributed by atoms with van der Waals surface area (Å²) in [5, 5.41) is 6.75. The van der Waals surface area contributed by atoms with Crippen molar-refractivity contribution in [3.05, 3.63) is 34.1 Å². The zero-order valence-electron chi connectivity index (χ0n) is 14.8. The molecule has 1 aromatic carbocycles. The molecule has 1 saturated heterocycles. The van der Waals surface area contributed by atoms with E-state index in [4.69, 9.17) is 0 Å². The Morgan fingerprint density at radius 1 is 1.38 bits per heavy atom. The highest BCUT2D eigenvalue weighted by Gasteiger charge is 2.20. The second-order valence-electron chi connectivity index (χ2n) is 6.79. The predicted octanol–water partition coefficient (Wildman–Crippen LogP) is 3.37. The number of nitrogens with zero attached hydrogens (tertiary/aromatic N) is 2. The van der Waals surface area contributed by atoms with Gasteiger partial charge in [0.2, 0.25) is 0 Å². The van der Waals surface area contributed by atoms with Crippen molar-refractivity contribution in [3.63, 3.8) is 0 Å². The van der Waals surface area contributed by atoms with Crippen molar-refractivity contribution in [3.8, 4) is 0 Å². The number of rotatable bonds is 5. The van der Waals surface area contributed by atoms with Gasteiger partial charge >= 0.3 is 0 Å². The van der Waals surface area contributed by atoms with E-state index in [2.05, 4.69) is 50.3 Å². The van der Waals surface area contributed by atoms with Crippen molar-refractivity contribution in [2.75, 3.05) is 26.7 Å². The third-order valence-corrected chi connectivity index (χ3v) is 4.86. The molecule has 2 rings (SSSR count). The standard InChI is InChI=1S/C18H28BrFN4/c1-13(2)12-24-8-6-15(7-9-24)23-18(21-3)22-11-14-4-5-16(19)17(20)10-14/h4-5,10,13,15H,6-9,11-12H2,1-3H3,(H2,21,22,23). The molecule has 6 heteroatoms. The molecule has 0 aromatic heterocycles. The number of guanidine groups is 1. The smallest absolute Gasteiger partial charge is 0.191 e. The zero-order chi connectivity index (χ0) is 17.5. The molecule has 1 aliphatic rings. The summed E-state index contributed by atoms with van der Waals surface area (Å²) in [6.07, 6.45) is 2.25. The number of aliphatic imine (C=N–C) groups is 1. The van der Waals surface area contributed by atoms with Crippen LogP contribution in [0.1, 0.15) is 32.3 Å². The van der Waals surface area contributed by atoms with Crippen molar-refractivity contribution in [2.24, 2.45) is 10.9 Å². The second kappa shape index (κ2) is 9.37. The van der Waals surface area contributed by atoms with Gasteiger partial charge in [-0.05, 0) is 52.4 Å². The molecule has 1 fully saturated rings. The molecule has 1 aromatic rings. The van der Waals surface area contributed by atoms with Crippen LogP contribution in [0.5, 0.6) is 0 Å². The van der Waals surface area contributed by atoms with Gasteiger partial charge in [-0.15, -0.1) is 0 Å². The molecule has 1 heterocycles. The SMILES string of the molecule is CN=C(NCc1ccc(Br)c(F)c1)NC1CCN(CC(C)C)CC1. The Hall–Kier alpha value is -1.14. The van der Waals surface area contributed by atoms with Crippen molar-refractivity contribution in [1.82, 2.24) is 15.5 Å². The summed E-state index contributed by atoms with van der Waals surface area (Å²) in [6.45, 7) is 8.52. The molecule has 1 aliphatic heterocycles. The zero-order valence-corrected chi connectivity index (χ0v) is 16.4. The van der Waals surface area contributed by atoms with Crippen molar-refractivity contribution >= 4 is 21.9 Å². The van der Waals surface area contributed by atoms with Crippen LogP contribution in [0.3, 0.4) is 0 Å². The lowest BCUT2D eigenvalue weighted by atomic mass is 10.0. The third kappa shape index (κ3) is 6.06. The first-order chi connectivity index (χ1) is 11.5. The Morgan fingerprint density at radius 3 is 2.67 bits per heavy atom. The topological polar surface area (TPSA) is 39.7 Å². The van der Waals surface area contributed by atoms with E-state index in [1.807, 2.05) is 6.07 Å². The largest absolute Gasteiger partial charge is 0.354 e. The molecular weight excluding hydrogens is 371 g/mol. The van der Waals surface area contributed by atoms with Gasteiger partial charge in [-0.3, -0.25) is 4.99 Å². The first kappa shape index (κ1) is 19.2. The summed E-state index contributed by atoms with van der Waals surface area (Å²) in [4.78, 5) is 6.81. The summed E-state index contributed by atoms with van der Waals surface area (Å²) in [5.41, 5.74) is 0.894. The maximum absolute atomic E-state index is 13.6. The molecule has 0 aliphatic carbocycles. The Balaban J connectivity index is 1.77. The lowest BCUT2D eigenvalue weighted by Gasteiger charge is -2.34. The number of benzene rings is 1. The number of hydrogen-bond acceptors (Lipinski definition) is 2. The highest BCUT2D eigenvalue weighted by molar-refractivity contribution is 9.10. The Kier molecular flexibility index (Phi) is 7.49. The summed E-state index contributed by atoms with van der Waals surface area (Å²) in [5.74, 6) is 1.26. The van der Waals surface area contributed by atoms with Crippen LogP contribution in [0.4, 0.5) is 4.39 Å². The normalized spacial score (nSPS) is 17.3. The summed E-state index contributed by atoms with van der Waals surface area (Å²) >= 11 is 3.17. The van der Waals surface area contributed by atoms with E-state index in [-0.39, 0.29) is 5.82 Å². The number of likely N-dealkylation sites (tertiary alicyclic amines) is 1. The molecule has 0 amide bonds. The number of hydrogen-bond donors (Lipinski definition) is 2. The Bertz CT molecular complexity index is 554. The minimum absolute atomic E-state index is 0.241. The van der Waals surface area contributed by atoms with E-state index in [1.54, 1.807) is 13.1 Å². The van der Waals surface area contributed by atoms with E-state index < -0.39 is 0 Å². The second-order valence-corrected chi connectivity index (χ2v) is 7.64. The molecule has 4 nitrogen and oxygen atoms in total. The molecule has 0 bridgehead atoms. The van der Waals surface area contributed by atoms with Crippen molar-refractivity contribution < 1.29 is 4.39 Å². The van der Waals surface area contributed by atoms with Crippen molar-refractivity contribution in [2.45, 2.75) is 39.3 Å². The van der Waals surface area contributed by atoms with Crippen LogP contribution in [0.2, 0.25) is 0 Å². The number of halogens is 2. The van der Waals surface area contributed by atoms with E-state index in [1.165, 1.54) is 12.6 Å². The van der Waals surface area contributed by atoms with Crippen LogP contribution in [0.25, 0.3) is 0 Å². The van der Waals surface area contributed by atoms with Crippen molar-refractivity contribution in [1.29, 1.82) is 0 Å². The molecule has 2 N–H and O–H groups in total. The van der Waals surface area contributed by atoms with Gasteiger partial charge in [-0.25, -0.2) is 4.39 Å². The fraction of sp³-hybridized carbons (Fsp3) is 0.611. The Morgan fingerprint density at radius 2 is 2.08 bits per heavy atom. The quantitative estimate of drug-likeness (QED) is 0.589. The first-order valence-corrected chi connectivity index (χ1v) is 9.40. The third-order valence-electron chi connectivity index (χ3n) is 4.22. The summed E-state index contributed by atoms with van der Waals surface area (Å²) in [6, 6.07) is 5.61. The fourth-order valence-corrected chi connectivity index (χ4v) is 3.25. The van der Waals surface area contributed by atoms with Crippen LogP contribution in [-0.2, 0) is 6.54 Å². The number of piperidine rings is 1. The average molecular weight is 399 g/mol. The predicted molar refractivity (Wildman–Crippen MR) is 102 cm³/mol. The minimum atomic E-state index is -0.241.